The number of nitrogens with zero attached hydrogens (tertiary/aromatic N) is 2. The molecule has 1 heterocycles. The predicted octanol–water partition coefficient (Wildman–Crippen LogP) is 3.59. The SMILES string of the molecule is O=C(O)/C=C/c1ccc(-n2cc(I)cn2)c(C(F)(F)F)c1. The van der Waals surface area contributed by atoms with E-state index in [0.717, 1.165) is 22.9 Å². The van der Waals surface area contributed by atoms with Gasteiger partial charge in [-0.3, -0.25) is 0 Å². The fourth-order valence-electron chi connectivity index (χ4n) is 1.68. The Bertz CT molecular complexity index is 708. The topological polar surface area (TPSA) is 55.1 Å². The van der Waals surface area contributed by atoms with Crippen LogP contribution in [0.5, 0.6) is 0 Å². The highest BCUT2D eigenvalue weighted by atomic mass is 127. The number of benzene rings is 1. The van der Waals surface area contributed by atoms with Crippen LogP contribution in [-0.4, -0.2) is 20.9 Å². The quantitative estimate of drug-likeness (QED) is 0.624. The van der Waals surface area contributed by atoms with Crippen LogP contribution in [0, 0.1) is 3.57 Å². The van der Waals surface area contributed by atoms with Crippen molar-refractivity contribution in [2.45, 2.75) is 6.18 Å². The number of carboxylic acids is 1. The van der Waals surface area contributed by atoms with Crippen LogP contribution in [0.2, 0.25) is 0 Å². The molecule has 110 valence electrons. The second kappa shape index (κ2) is 5.88. The van der Waals surface area contributed by atoms with Gasteiger partial charge in [-0.25, -0.2) is 9.48 Å². The molecule has 0 bridgehead atoms. The fourth-order valence-corrected chi connectivity index (χ4v) is 2.07. The zero-order valence-electron chi connectivity index (χ0n) is 10.3. The van der Waals surface area contributed by atoms with Gasteiger partial charge in [-0.05, 0) is 46.4 Å². The molecule has 4 nitrogen and oxygen atoms in total. The third-order valence-electron chi connectivity index (χ3n) is 2.54. The van der Waals surface area contributed by atoms with Crippen LogP contribution in [0.1, 0.15) is 11.1 Å². The van der Waals surface area contributed by atoms with Crippen LogP contribution < -0.4 is 0 Å². The molecule has 1 aromatic heterocycles. The molecule has 0 saturated heterocycles. The van der Waals surface area contributed by atoms with Crippen molar-refractivity contribution in [2.75, 3.05) is 0 Å². The van der Waals surface area contributed by atoms with Crippen molar-refractivity contribution in [3.63, 3.8) is 0 Å². The predicted molar refractivity (Wildman–Crippen MR) is 78.0 cm³/mol. The minimum Gasteiger partial charge on any atom is -0.478 e. The van der Waals surface area contributed by atoms with Crippen molar-refractivity contribution >= 4 is 34.6 Å². The molecule has 2 aromatic rings. The largest absolute Gasteiger partial charge is 0.478 e. The number of aliphatic carboxylic acids is 1. The molecular weight excluding hydrogens is 400 g/mol. The van der Waals surface area contributed by atoms with E-state index >= 15 is 0 Å². The lowest BCUT2D eigenvalue weighted by atomic mass is 10.1. The summed E-state index contributed by atoms with van der Waals surface area (Å²) in [5.74, 6) is -1.23. The van der Waals surface area contributed by atoms with E-state index < -0.39 is 17.7 Å². The molecule has 0 radical (unpaired) electrons. The number of alkyl halides is 3. The van der Waals surface area contributed by atoms with E-state index in [1.165, 1.54) is 24.5 Å². The van der Waals surface area contributed by atoms with E-state index in [4.69, 9.17) is 5.11 Å². The number of hydrogen-bond donors (Lipinski definition) is 1. The maximum Gasteiger partial charge on any atom is 0.418 e. The molecular formula is C13H8F3IN2O2. The first-order valence-electron chi connectivity index (χ1n) is 5.60. The average Bonchev–Trinajstić information content (AvgIpc) is 2.81. The molecule has 0 aliphatic heterocycles. The van der Waals surface area contributed by atoms with Crippen LogP contribution in [0.3, 0.4) is 0 Å². The van der Waals surface area contributed by atoms with E-state index in [2.05, 4.69) is 5.10 Å². The summed E-state index contributed by atoms with van der Waals surface area (Å²) >= 11 is 1.95. The summed E-state index contributed by atoms with van der Waals surface area (Å²) < 4.78 is 41.2. The molecule has 2 rings (SSSR count). The number of halogens is 4. The number of hydrogen-bond acceptors (Lipinski definition) is 2. The maximum atomic E-state index is 13.1. The first kappa shape index (κ1) is 15.5. The van der Waals surface area contributed by atoms with Gasteiger partial charge >= 0.3 is 12.1 Å². The van der Waals surface area contributed by atoms with Gasteiger partial charge in [0.15, 0.2) is 0 Å². The summed E-state index contributed by atoms with van der Waals surface area (Å²) in [6.07, 6.45) is 0.233. The number of rotatable bonds is 3. The highest BCUT2D eigenvalue weighted by Crippen LogP contribution is 2.34. The third kappa shape index (κ3) is 3.84. The van der Waals surface area contributed by atoms with E-state index in [0.29, 0.717) is 3.57 Å². The monoisotopic (exact) mass is 408 g/mol. The van der Waals surface area contributed by atoms with Crippen LogP contribution in [-0.2, 0) is 11.0 Å². The smallest absolute Gasteiger partial charge is 0.418 e. The molecule has 0 fully saturated rings. The van der Waals surface area contributed by atoms with E-state index in [1.807, 2.05) is 22.6 Å². The standard InChI is InChI=1S/C13H8F3IN2O2/c14-13(15,16)10-5-8(2-4-12(20)21)1-3-11(10)19-7-9(17)6-18-19/h1-7H,(H,20,21)/b4-2+. The van der Waals surface area contributed by atoms with Crippen molar-refractivity contribution in [1.29, 1.82) is 0 Å². The van der Waals surface area contributed by atoms with Crippen LogP contribution >= 0.6 is 22.6 Å². The Labute approximate surface area is 131 Å². The Kier molecular flexibility index (Phi) is 4.35. The first-order chi connectivity index (χ1) is 9.77. The zero-order valence-corrected chi connectivity index (χ0v) is 12.5. The van der Waals surface area contributed by atoms with E-state index in [1.54, 1.807) is 0 Å². The molecule has 21 heavy (non-hydrogen) atoms. The highest BCUT2D eigenvalue weighted by molar-refractivity contribution is 14.1. The second-order valence-corrected chi connectivity index (χ2v) is 5.29. The summed E-state index contributed by atoms with van der Waals surface area (Å²) in [5, 5.41) is 12.4. The summed E-state index contributed by atoms with van der Waals surface area (Å²) in [7, 11) is 0. The van der Waals surface area contributed by atoms with Gasteiger partial charge in [0.2, 0.25) is 0 Å². The second-order valence-electron chi connectivity index (χ2n) is 4.05. The first-order valence-corrected chi connectivity index (χ1v) is 6.68. The Morgan fingerprint density at radius 3 is 2.62 bits per heavy atom. The van der Waals surface area contributed by atoms with Gasteiger partial charge in [0.25, 0.3) is 0 Å². The summed E-state index contributed by atoms with van der Waals surface area (Å²) in [4.78, 5) is 10.4. The summed E-state index contributed by atoms with van der Waals surface area (Å²) in [6.45, 7) is 0. The summed E-state index contributed by atoms with van der Waals surface area (Å²) in [6, 6.07) is 3.55. The molecule has 0 amide bonds. The minimum atomic E-state index is -4.57. The van der Waals surface area contributed by atoms with Gasteiger partial charge in [-0.2, -0.15) is 18.3 Å². The molecule has 1 aromatic carbocycles. The maximum absolute atomic E-state index is 13.1. The molecule has 0 saturated carbocycles. The van der Waals surface area contributed by atoms with Crippen LogP contribution in [0.15, 0.2) is 36.7 Å². The van der Waals surface area contributed by atoms with Gasteiger partial charge in [-0.15, -0.1) is 0 Å². The fraction of sp³-hybridized carbons (Fsp3) is 0.0769. The van der Waals surface area contributed by atoms with Gasteiger partial charge < -0.3 is 5.11 Å². The van der Waals surface area contributed by atoms with Crippen LogP contribution in [0.4, 0.5) is 13.2 Å². The van der Waals surface area contributed by atoms with E-state index in [9.17, 15) is 18.0 Å². The average molecular weight is 408 g/mol. The number of carbonyl (C=O) groups is 1. The molecule has 1 N–H and O–H groups in total. The van der Waals surface area contributed by atoms with Gasteiger partial charge in [0.1, 0.15) is 0 Å². The van der Waals surface area contributed by atoms with Gasteiger partial charge in [0, 0.05) is 12.3 Å². The highest BCUT2D eigenvalue weighted by Gasteiger charge is 2.34. The Morgan fingerprint density at radius 2 is 2.10 bits per heavy atom. The lowest BCUT2D eigenvalue weighted by Gasteiger charge is -2.13. The zero-order chi connectivity index (χ0) is 15.6. The Balaban J connectivity index is 2.54. The Morgan fingerprint density at radius 1 is 1.38 bits per heavy atom. The molecule has 0 atom stereocenters. The van der Waals surface area contributed by atoms with Crippen molar-refractivity contribution in [3.05, 3.63) is 51.4 Å². The molecule has 0 aliphatic rings. The van der Waals surface area contributed by atoms with E-state index in [-0.39, 0.29) is 11.3 Å². The number of aromatic nitrogens is 2. The summed E-state index contributed by atoms with van der Waals surface area (Å²) in [5.41, 5.74) is -0.845. The van der Waals surface area contributed by atoms with Crippen molar-refractivity contribution in [3.8, 4) is 5.69 Å². The van der Waals surface area contributed by atoms with Crippen molar-refractivity contribution < 1.29 is 23.1 Å². The van der Waals surface area contributed by atoms with Gasteiger partial charge in [0.05, 0.1) is 21.0 Å². The lowest BCUT2D eigenvalue weighted by molar-refractivity contribution is -0.137. The Hall–Kier alpha value is -1.84. The van der Waals surface area contributed by atoms with Crippen molar-refractivity contribution in [2.24, 2.45) is 0 Å². The molecule has 0 spiro atoms. The normalized spacial score (nSPS) is 12.0. The van der Waals surface area contributed by atoms with Crippen LogP contribution in [0.25, 0.3) is 11.8 Å². The molecule has 0 aliphatic carbocycles. The van der Waals surface area contributed by atoms with Crippen molar-refractivity contribution in [1.82, 2.24) is 9.78 Å². The lowest BCUT2D eigenvalue weighted by Crippen LogP contribution is -2.11. The number of carboxylic acid groups (broad SMARTS) is 1. The molecule has 8 heteroatoms. The third-order valence-corrected chi connectivity index (χ3v) is 3.10. The molecule has 0 unspecified atom stereocenters. The van der Waals surface area contributed by atoms with Gasteiger partial charge in [-0.1, -0.05) is 6.07 Å². The minimum absolute atomic E-state index is 0.113.